The van der Waals surface area contributed by atoms with Crippen molar-refractivity contribution >= 4 is 12.0 Å². The lowest BCUT2D eigenvalue weighted by atomic mass is 10.0. The number of ether oxygens (including phenoxy) is 3. The van der Waals surface area contributed by atoms with Gasteiger partial charge in [-0.3, -0.25) is 14.6 Å². The Bertz CT molecular complexity index is 595. The Hall–Kier alpha value is -1.42. The van der Waals surface area contributed by atoms with Crippen LogP contribution in [-0.2, 0) is 19.0 Å². The first kappa shape index (κ1) is 24.2. The van der Waals surface area contributed by atoms with Crippen LogP contribution in [-0.4, -0.2) is 129 Å². The number of carbonyl (C=O) groups is 2. The van der Waals surface area contributed by atoms with Gasteiger partial charge in [0.1, 0.15) is 12.2 Å². The molecule has 3 heterocycles. The number of nitrogens with zero attached hydrogens (tertiary/aromatic N) is 4. The number of morpholine rings is 1. The lowest BCUT2D eigenvalue weighted by molar-refractivity contribution is -0.139. The molecule has 178 valence electrons. The summed E-state index contributed by atoms with van der Waals surface area (Å²) in [6.45, 7) is 12.9. The largest absolute Gasteiger partial charge is 0.444 e. The van der Waals surface area contributed by atoms with Gasteiger partial charge in [-0.25, -0.2) is 4.79 Å². The number of amides is 2. The molecule has 3 aliphatic rings. The second kappa shape index (κ2) is 10.9. The molecule has 0 radical (unpaired) electrons. The van der Waals surface area contributed by atoms with Crippen molar-refractivity contribution in [3.05, 3.63) is 0 Å². The first-order valence-corrected chi connectivity index (χ1v) is 11.6. The molecule has 31 heavy (non-hydrogen) atoms. The molecule has 3 rings (SSSR count). The zero-order valence-corrected chi connectivity index (χ0v) is 19.7. The maximum Gasteiger partial charge on any atom is 0.410 e. The number of carbonyl (C=O) groups excluding carboxylic acids is 2. The molecule has 0 aliphatic carbocycles. The molecule has 9 heteroatoms. The summed E-state index contributed by atoms with van der Waals surface area (Å²) in [5.41, 5.74) is -0.549. The summed E-state index contributed by atoms with van der Waals surface area (Å²) in [5, 5.41) is 0. The van der Waals surface area contributed by atoms with Crippen LogP contribution in [0.3, 0.4) is 0 Å². The lowest BCUT2D eigenvalue weighted by Gasteiger charge is -2.42. The average molecular weight is 441 g/mol. The number of piperidine rings is 1. The van der Waals surface area contributed by atoms with Crippen LogP contribution in [0.2, 0.25) is 0 Å². The summed E-state index contributed by atoms with van der Waals surface area (Å²) < 4.78 is 16.7. The summed E-state index contributed by atoms with van der Waals surface area (Å²) in [7, 11) is 2.18. The molecule has 0 aromatic rings. The van der Waals surface area contributed by atoms with Gasteiger partial charge >= 0.3 is 6.09 Å². The van der Waals surface area contributed by atoms with E-state index in [1.54, 1.807) is 4.90 Å². The second-order valence-electron chi connectivity index (χ2n) is 9.87. The number of hydrogen-bond acceptors (Lipinski definition) is 7. The fraction of sp³-hybridized carbons (Fsp3) is 0.909. The highest BCUT2D eigenvalue weighted by atomic mass is 16.6. The molecule has 3 saturated heterocycles. The van der Waals surface area contributed by atoms with Gasteiger partial charge in [-0.15, -0.1) is 0 Å². The van der Waals surface area contributed by atoms with E-state index in [0.717, 1.165) is 39.3 Å². The molecule has 0 saturated carbocycles. The molecule has 0 aromatic carbocycles. The molecule has 3 fully saturated rings. The molecule has 9 nitrogen and oxygen atoms in total. The van der Waals surface area contributed by atoms with Gasteiger partial charge in [0.2, 0.25) is 5.91 Å². The summed E-state index contributed by atoms with van der Waals surface area (Å²) in [6.07, 6.45) is 2.07. The van der Waals surface area contributed by atoms with Crippen molar-refractivity contribution in [3.8, 4) is 0 Å². The SMILES string of the molecule is CN1CCC(N2CCN(C(=O)COC[C@H]3COCCN3C(=O)OC(C)(C)C)CC2)CC1. The predicted octanol–water partition coefficient (Wildman–Crippen LogP) is 0.877. The van der Waals surface area contributed by atoms with Crippen LogP contribution in [0.25, 0.3) is 0 Å². The van der Waals surface area contributed by atoms with E-state index in [1.807, 2.05) is 25.7 Å². The van der Waals surface area contributed by atoms with Crippen molar-refractivity contribution in [2.75, 3.05) is 79.3 Å². The fourth-order valence-corrected chi connectivity index (χ4v) is 4.42. The van der Waals surface area contributed by atoms with Gasteiger partial charge in [0.15, 0.2) is 0 Å². The van der Waals surface area contributed by atoms with E-state index in [2.05, 4.69) is 16.8 Å². The summed E-state index contributed by atoms with van der Waals surface area (Å²) in [6, 6.07) is 0.410. The van der Waals surface area contributed by atoms with Crippen LogP contribution in [0.5, 0.6) is 0 Å². The quantitative estimate of drug-likeness (QED) is 0.628. The summed E-state index contributed by atoms with van der Waals surface area (Å²) in [5.74, 6) is 0.0172. The van der Waals surface area contributed by atoms with Gasteiger partial charge in [-0.2, -0.15) is 0 Å². The lowest BCUT2D eigenvalue weighted by Crippen LogP contribution is -2.55. The topological polar surface area (TPSA) is 74.8 Å². The van der Waals surface area contributed by atoms with Gasteiger partial charge < -0.3 is 24.0 Å². The third kappa shape index (κ3) is 7.30. The van der Waals surface area contributed by atoms with E-state index in [-0.39, 0.29) is 31.3 Å². The van der Waals surface area contributed by atoms with Crippen LogP contribution < -0.4 is 0 Å². The molecular formula is C22H40N4O5. The first-order chi connectivity index (χ1) is 14.7. The third-order valence-electron chi connectivity index (χ3n) is 6.26. The molecule has 0 spiro atoms. The van der Waals surface area contributed by atoms with Crippen molar-refractivity contribution in [1.29, 1.82) is 0 Å². The molecule has 1 atom stereocenters. The van der Waals surface area contributed by atoms with Gasteiger partial charge in [0.05, 0.1) is 25.9 Å². The maximum absolute atomic E-state index is 12.6. The number of rotatable bonds is 5. The van der Waals surface area contributed by atoms with Crippen molar-refractivity contribution in [2.24, 2.45) is 0 Å². The molecule has 3 aliphatic heterocycles. The predicted molar refractivity (Wildman–Crippen MR) is 117 cm³/mol. The van der Waals surface area contributed by atoms with E-state index in [0.29, 0.717) is 25.8 Å². The van der Waals surface area contributed by atoms with Crippen LogP contribution in [0, 0.1) is 0 Å². The van der Waals surface area contributed by atoms with E-state index in [1.165, 1.54) is 12.8 Å². The Labute approximate surface area is 186 Å². The molecule has 2 amide bonds. The zero-order valence-electron chi connectivity index (χ0n) is 19.7. The zero-order chi connectivity index (χ0) is 22.4. The Balaban J connectivity index is 1.38. The Morgan fingerprint density at radius 1 is 1.00 bits per heavy atom. The second-order valence-corrected chi connectivity index (χ2v) is 9.87. The van der Waals surface area contributed by atoms with Gasteiger partial charge in [-0.1, -0.05) is 0 Å². The molecular weight excluding hydrogens is 400 g/mol. The van der Waals surface area contributed by atoms with Gasteiger partial charge in [-0.05, 0) is 53.8 Å². The maximum atomic E-state index is 12.6. The van der Waals surface area contributed by atoms with Crippen LogP contribution >= 0.6 is 0 Å². The van der Waals surface area contributed by atoms with E-state index < -0.39 is 5.60 Å². The highest BCUT2D eigenvalue weighted by Gasteiger charge is 2.32. The van der Waals surface area contributed by atoms with Crippen LogP contribution in [0.4, 0.5) is 4.79 Å². The minimum atomic E-state index is -0.549. The van der Waals surface area contributed by atoms with E-state index in [4.69, 9.17) is 14.2 Å². The van der Waals surface area contributed by atoms with Crippen molar-refractivity contribution in [1.82, 2.24) is 19.6 Å². The van der Waals surface area contributed by atoms with Crippen molar-refractivity contribution < 1.29 is 23.8 Å². The van der Waals surface area contributed by atoms with Crippen molar-refractivity contribution in [2.45, 2.75) is 51.3 Å². The molecule has 0 bridgehead atoms. The van der Waals surface area contributed by atoms with E-state index >= 15 is 0 Å². The van der Waals surface area contributed by atoms with E-state index in [9.17, 15) is 9.59 Å². The minimum Gasteiger partial charge on any atom is -0.444 e. The molecule has 0 aromatic heterocycles. The van der Waals surface area contributed by atoms with Crippen LogP contribution in [0.1, 0.15) is 33.6 Å². The Kier molecular flexibility index (Phi) is 8.55. The number of hydrogen-bond donors (Lipinski definition) is 0. The first-order valence-electron chi connectivity index (χ1n) is 11.6. The smallest absolute Gasteiger partial charge is 0.410 e. The summed E-state index contributed by atoms with van der Waals surface area (Å²) in [4.78, 5) is 33.5. The Morgan fingerprint density at radius 3 is 2.32 bits per heavy atom. The highest BCUT2D eigenvalue weighted by Crippen LogP contribution is 2.18. The molecule has 0 N–H and O–H groups in total. The fourth-order valence-electron chi connectivity index (χ4n) is 4.42. The monoisotopic (exact) mass is 440 g/mol. The van der Waals surface area contributed by atoms with Gasteiger partial charge in [0.25, 0.3) is 0 Å². The van der Waals surface area contributed by atoms with Gasteiger partial charge in [0, 0.05) is 38.8 Å². The standard InChI is InChI=1S/C22H40N4O5/c1-22(2,3)31-21(28)26-13-14-29-15-19(26)16-30-17-20(27)25-11-9-24(10-12-25)18-5-7-23(4)8-6-18/h18-19H,5-17H2,1-4H3/t19-/m1/s1. The minimum absolute atomic E-state index is 0.0172. The molecule has 0 unspecified atom stereocenters. The summed E-state index contributed by atoms with van der Waals surface area (Å²) >= 11 is 0. The van der Waals surface area contributed by atoms with Crippen molar-refractivity contribution in [3.63, 3.8) is 0 Å². The highest BCUT2D eigenvalue weighted by molar-refractivity contribution is 5.77. The number of likely N-dealkylation sites (tertiary alicyclic amines) is 1. The number of piperazine rings is 1. The normalized spacial score (nSPS) is 25.0. The Morgan fingerprint density at radius 2 is 1.68 bits per heavy atom. The third-order valence-corrected chi connectivity index (χ3v) is 6.26. The van der Waals surface area contributed by atoms with Crippen LogP contribution in [0.15, 0.2) is 0 Å². The average Bonchev–Trinajstić information content (AvgIpc) is 2.73.